The van der Waals surface area contributed by atoms with Gasteiger partial charge >= 0.3 is 0 Å². The van der Waals surface area contributed by atoms with E-state index in [0.717, 1.165) is 17.7 Å². The Bertz CT molecular complexity index is 1180. The molecule has 0 spiro atoms. The molecule has 3 aromatic rings. The van der Waals surface area contributed by atoms with E-state index in [9.17, 15) is 13.2 Å². The van der Waals surface area contributed by atoms with Gasteiger partial charge in [0, 0.05) is 11.7 Å². The number of rotatable bonds is 6. The fourth-order valence-electron chi connectivity index (χ4n) is 3.93. The number of carbonyl (C=O) groups is 1. The van der Waals surface area contributed by atoms with Crippen molar-refractivity contribution in [2.45, 2.75) is 24.3 Å². The predicted molar refractivity (Wildman–Crippen MR) is 121 cm³/mol. The van der Waals surface area contributed by atoms with Gasteiger partial charge in [0.05, 0.1) is 17.7 Å². The molecular formula is C24H24N2O4S. The van der Waals surface area contributed by atoms with E-state index in [1.807, 2.05) is 37.3 Å². The summed E-state index contributed by atoms with van der Waals surface area (Å²) in [7, 11) is -2.45. The number of carbonyl (C=O) groups excluding carboxylic acids is 1. The van der Waals surface area contributed by atoms with Crippen LogP contribution in [0.1, 0.15) is 12.5 Å². The van der Waals surface area contributed by atoms with Crippen molar-refractivity contribution < 1.29 is 17.9 Å². The highest BCUT2D eigenvalue weighted by molar-refractivity contribution is 7.92. The lowest BCUT2D eigenvalue weighted by Gasteiger charge is -2.29. The molecule has 0 bridgehead atoms. The summed E-state index contributed by atoms with van der Waals surface area (Å²) in [5.41, 5.74) is 2.37. The number of para-hydroxylation sites is 2. The lowest BCUT2D eigenvalue weighted by molar-refractivity contribution is -0.117. The largest absolute Gasteiger partial charge is 0.497 e. The summed E-state index contributed by atoms with van der Waals surface area (Å²) in [6.07, 6.45) is 0.748. The summed E-state index contributed by atoms with van der Waals surface area (Å²) in [6, 6.07) is 22.6. The van der Waals surface area contributed by atoms with Crippen LogP contribution in [0.5, 0.6) is 5.75 Å². The second kappa shape index (κ2) is 8.43. The molecule has 1 heterocycles. The van der Waals surface area contributed by atoms with Gasteiger partial charge < -0.3 is 9.64 Å². The first-order chi connectivity index (χ1) is 14.9. The number of benzene rings is 3. The Labute approximate surface area is 182 Å². The number of amides is 1. The minimum Gasteiger partial charge on any atom is -0.497 e. The van der Waals surface area contributed by atoms with Crippen LogP contribution in [-0.2, 0) is 21.2 Å². The van der Waals surface area contributed by atoms with Crippen molar-refractivity contribution in [3.05, 3.63) is 84.4 Å². The van der Waals surface area contributed by atoms with Crippen LogP contribution in [0, 0.1) is 0 Å². The Morgan fingerprint density at radius 2 is 1.65 bits per heavy atom. The molecule has 1 aliphatic heterocycles. The zero-order valence-electron chi connectivity index (χ0n) is 17.4. The molecule has 0 aromatic heterocycles. The third kappa shape index (κ3) is 4.01. The van der Waals surface area contributed by atoms with E-state index in [-0.39, 0.29) is 23.4 Å². The van der Waals surface area contributed by atoms with Gasteiger partial charge in [-0.3, -0.25) is 9.10 Å². The number of anilines is 2. The van der Waals surface area contributed by atoms with Crippen molar-refractivity contribution in [2.24, 2.45) is 0 Å². The highest BCUT2D eigenvalue weighted by Gasteiger charge is 2.34. The Balaban J connectivity index is 1.70. The standard InChI is InChI=1S/C24H24N2O4S/c1-18-16-19-8-6-7-11-23(19)26(18)24(27)17-25(20-9-4-3-5-10-20)31(28,29)22-14-12-21(30-2)13-15-22/h3-15,18H,16-17H2,1-2H3. The van der Waals surface area contributed by atoms with E-state index in [4.69, 9.17) is 4.74 Å². The SMILES string of the molecule is COc1ccc(S(=O)(=O)N(CC(=O)N2c3ccccc3CC2C)c2ccccc2)cc1. The maximum Gasteiger partial charge on any atom is 0.264 e. The molecule has 160 valence electrons. The van der Waals surface area contributed by atoms with E-state index in [1.165, 1.54) is 23.5 Å². The van der Waals surface area contributed by atoms with E-state index in [2.05, 4.69) is 0 Å². The van der Waals surface area contributed by atoms with Crippen LogP contribution >= 0.6 is 0 Å². The van der Waals surface area contributed by atoms with E-state index >= 15 is 0 Å². The third-order valence-electron chi connectivity index (χ3n) is 5.45. The minimum atomic E-state index is -3.97. The number of sulfonamides is 1. The van der Waals surface area contributed by atoms with Crippen molar-refractivity contribution in [1.82, 2.24) is 0 Å². The number of ether oxygens (including phenoxy) is 1. The van der Waals surface area contributed by atoms with Gasteiger partial charge in [-0.15, -0.1) is 0 Å². The molecule has 1 amide bonds. The van der Waals surface area contributed by atoms with Crippen LogP contribution in [0.15, 0.2) is 83.8 Å². The summed E-state index contributed by atoms with van der Waals surface area (Å²) >= 11 is 0. The van der Waals surface area contributed by atoms with Crippen LogP contribution in [0.25, 0.3) is 0 Å². The number of methoxy groups -OCH3 is 1. The lowest BCUT2D eigenvalue weighted by Crippen LogP contribution is -2.45. The Hall–Kier alpha value is -3.32. The van der Waals surface area contributed by atoms with Crippen molar-refractivity contribution in [1.29, 1.82) is 0 Å². The maximum atomic E-state index is 13.5. The van der Waals surface area contributed by atoms with Crippen LogP contribution in [0.3, 0.4) is 0 Å². The molecule has 0 fully saturated rings. The number of nitrogens with zero attached hydrogens (tertiary/aromatic N) is 2. The fourth-order valence-corrected chi connectivity index (χ4v) is 5.34. The fraction of sp³-hybridized carbons (Fsp3) is 0.208. The molecule has 7 heteroatoms. The number of hydrogen-bond acceptors (Lipinski definition) is 4. The first-order valence-corrected chi connectivity index (χ1v) is 11.5. The molecular weight excluding hydrogens is 412 g/mol. The second-order valence-corrected chi connectivity index (χ2v) is 9.33. The lowest BCUT2D eigenvalue weighted by atomic mass is 10.1. The van der Waals surface area contributed by atoms with Gasteiger partial charge in [0.15, 0.2) is 0 Å². The molecule has 0 aliphatic carbocycles. The molecule has 4 rings (SSSR count). The molecule has 1 aliphatic rings. The van der Waals surface area contributed by atoms with Crippen molar-refractivity contribution >= 4 is 27.3 Å². The summed E-state index contributed by atoms with van der Waals surface area (Å²) in [4.78, 5) is 15.2. The highest BCUT2D eigenvalue weighted by Crippen LogP contribution is 2.33. The third-order valence-corrected chi connectivity index (χ3v) is 7.23. The molecule has 0 radical (unpaired) electrons. The minimum absolute atomic E-state index is 0.0359. The maximum absolute atomic E-state index is 13.5. The van der Waals surface area contributed by atoms with E-state index in [1.54, 1.807) is 41.3 Å². The predicted octanol–water partition coefficient (Wildman–Crippen LogP) is 3.87. The van der Waals surface area contributed by atoms with Crippen LogP contribution in [0.2, 0.25) is 0 Å². The highest BCUT2D eigenvalue weighted by atomic mass is 32.2. The smallest absolute Gasteiger partial charge is 0.264 e. The molecule has 0 saturated carbocycles. The second-order valence-electron chi connectivity index (χ2n) is 7.47. The van der Waals surface area contributed by atoms with Gasteiger partial charge in [0.25, 0.3) is 10.0 Å². The molecule has 3 aromatic carbocycles. The molecule has 1 unspecified atom stereocenters. The van der Waals surface area contributed by atoms with Crippen molar-refractivity contribution in [2.75, 3.05) is 22.9 Å². The Kier molecular flexibility index (Phi) is 5.69. The van der Waals surface area contributed by atoms with Gasteiger partial charge in [-0.25, -0.2) is 8.42 Å². The monoisotopic (exact) mass is 436 g/mol. The van der Waals surface area contributed by atoms with Crippen molar-refractivity contribution in [3.63, 3.8) is 0 Å². The molecule has 0 N–H and O–H groups in total. The average molecular weight is 437 g/mol. The van der Waals surface area contributed by atoms with Gasteiger partial charge in [0.1, 0.15) is 12.3 Å². The topological polar surface area (TPSA) is 66.9 Å². The number of hydrogen-bond donors (Lipinski definition) is 0. The van der Waals surface area contributed by atoms with E-state index < -0.39 is 10.0 Å². The van der Waals surface area contributed by atoms with Gasteiger partial charge in [-0.1, -0.05) is 36.4 Å². The van der Waals surface area contributed by atoms with Gasteiger partial charge in [0.2, 0.25) is 5.91 Å². The summed E-state index contributed by atoms with van der Waals surface area (Å²) in [6.45, 7) is 1.68. The van der Waals surface area contributed by atoms with Crippen LogP contribution < -0.4 is 13.9 Å². The Morgan fingerprint density at radius 1 is 1.00 bits per heavy atom. The average Bonchev–Trinajstić information content (AvgIpc) is 3.13. The quantitative estimate of drug-likeness (QED) is 0.588. The van der Waals surface area contributed by atoms with Crippen molar-refractivity contribution in [3.8, 4) is 5.75 Å². The normalized spacial score (nSPS) is 15.4. The first kappa shape index (κ1) is 20.9. The summed E-state index contributed by atoms with van der Waals surface area (Å²) in [5, 5.41) is 0. The number of fused-ring (bicyclic) bond motifs is 1. The first-order valence-electron chi connectivity index (χ1n) is 10.0. The van der Waals surface area contributed by atoms with Gasteiger partial charge in [-0.2, -0.15) is 0 Å². The Morgan fingerprint density at radius 3 is 2.32 bits per heavy atom. The molecule has 1 atom stereocenters. The summed E-state index contributed by atoms with van der Waals surface area (Å²) < 4.78 is 33.4. The van der Waals surface area contributed by atoms with Crippen LogP contribution in [-0.4, -0.2) is 34.0 Å². The van der Waals surface area contributed by atoms with E-state index in [0.29, 0.717) is 11.4 Å². The van der Waals surface area contributed by atoms with Crippen LogP contribution in [0.4, 0.5) is 11.4 Å². The molecule has 0 saturated heterocycles. The zero-order valence-corrected chi connectivity index (χ0v) is 18.2. The molecule has 31 heavy (non-hydrogen) atoms. The molecule has 6 nitrogen and oxygen atoms in total. The zero-order chi connectivity index (χ0) is 22.0. The van der Waals surface area contributed by atoms with Gasteiger partial charge in [-0.05, 0) is 61.4 Å². The summed E-state index contributed by atoms with van der Waals surface area (Å²) in [5.74, 6) is 0.294.